The number of anilines is 1. The van der Waals surface area contributed by atoms with E-state index in [0.717, 1.165) is 30.5 Å². The summed E-state index contributed by atoms with van der Waals surface area (Å²) in [5.74, 6) is -1.40. The van der Waals surface area contributed by atoms with Crippen molar-refractivity contribution in [2.75, 3.05) is 24.6 Å². The van der Waals surface area contributed by atoms with E-state index in [-0.39, 0.29) is 11.3 Å². The number of hydrogen-bond acceptors (Lipinski definition) is 3. The maximum absolute atomic E-state index is 14.4. The van der Waals surface area contributed by atoms with Gasteiger partial charge in [-0.1, -0.05) is 24.3 Å². The van der Waals surface area contributed by atoms with Crippen molar-refractivity contribution >= 4 is 5.69 Å². The van der Waals surface area contributed by atoms with Crippen LogP contribution in [0.1, 0.15) is 23.1 Å². The minimum Gasteiger partial charge on any atom is -0.367 e. The first-order valence-electron chi connectivity index (χ1n) is 7.99. The molecule has 2 aromatic rings. The normalized spacial score (nSPS) is 22.5. The molecule has 0 radical (unpaired) electrons. The summed E-state index contributed by atoms with van der Waals surface area (Å²) in [6.07, 6.45) is 1.71. The van der Waals surface area contributed by atoms with E-state index < -0.39 is 17.2 Å². The zero-order valence-corrected chi connectivity index (χ0v) is 13.1. The van der Waals surface area contributed by atoms with Crippen LogP contribution in [-0.2, 0) is 16.8 Å². The van der Waals surface area contributed by atoms with Gasteiger partial charge in [-0.15, -0.1) is 0 Å². The van der Waals surface area contributed by atoms with Gasteiger partial charge >= 0.3 is 0 Å². The number of morpholine rings is 1. The van der Waals surface area contributed by atoms with Crippen LogP contribution in [0.2, 0.25) is 0 Å². The van der Waals surface area contributed by atoms with Crippen LogP contribution in [0.25, 0.3) is 0 Å². The highest BCUT2D eigenvalue weighted by molar-refractivity contribution is 5.54. The molecule has 1 aliphatic carbocycles. The van der Waals surface area contributed by atoms with Gasteiger partial charge in [-0.25, -0.2) is 8.78 Å². The molecule has 2 aliphatic rings. The van der Waals surface area contributed by atoms with Gasteiger partial charge in [0, 0.05) is 6.54 Å². The summed E-state index contributed by atoms with van der Waals surface area (Å²) in [4.78, 5) is 1.71. The van der Waals surface area contributed by atoms with E-state index in [0.29, 0.717) is 19.7 Å². The van der Waals surface area contributed by atoms with Crippen LogP contribution in [0.5, 0.6) is 0 Å². The summed E-state index contributed by atoms with van der Waals surface area (Å²) in [6, 6.07) is 12.0. The predicted molar refractivity (Wildman–Crippen MR) is 85.7 cm³/mol. The molecule has 1 aliphatic heterocycles. The van der Waals surface area contributed by atoms with Crippen LogP contribution in [0.3, 0.4) is 0 Å². The van der Waals surface area contributed by atoms with Crippen molar-refractivity contribution < 1.29 is 13.5 Å². The Morgan fingerprint density at radius 3 is 2.67 bits per heavy atom. The first-order chi connectivity index (χ1) is 11.6. The SMILES string of the molecule is N#Cc1cc(F)c(N2CCOC3(CCc4ccccc43)C2)c(F)c1. The van der Waals surface area contributed by atoms with Crippen LogP contribution >= 0.6 is 0 Å². The van der Waals surface area contributed by atoms with Crippen LogP contribution in [0.15, 0.2) is 36.4 Å². The maximum Gasteiger partial charge on any atom is 0.150 e. The Kier molecular flexibility index (Phi) is 3.50. The summed E-state index contributed by atoms with van der Waals surface area (Å²) in [5, 5.41) is 8.85. The third-order valence-electron chi connectivity index (χ3n) is 4.95. The van der Waals surface area contributed by atoms with Crippen molar-refractivity contribution in [3.63, 3.8) is 0 Å². The molecular formula is C19H16F2N2O. The second-order valence-electron chi connectivity index (χ2n) is 6.32. The van der Waals surface area contributed by atoms with Crippen molar-refractivity contribution in [3.05, 3.63) is 64.7 Å². The molecule has 1 saturated heterocycles. The lowest BCUT2D eigenvalue weighted by atomic mass is 9.93. The van der Waals surface area contributed by atoms with Crippen molar-refractivity contribution in [2.45, 2.75) is 18.4 Å². The Balaban J connectivity index is 1.72. The summed E-state index contributed by atoms with van der Waals surface area (Å²) >= 11 is 0. The third kappa shape index (κ3) is 2.26. The van der Waals surface area contributed by atoms with E-state index in [4.69, 9.17) is 10.00 Å². The molecular weight excluding hydrogens is 310 g/mol. The van der Waals surface area contributed by atoms with Crippen LogP contribution < -0.4 is 4.90 Å². The van der Waals surface area contributed by atoms with Crippen molar-refractivity contribution in [1.82, 2.24) is 0 Å². The number of ether oxygens (including phenoxy) is 1. The summed E-state index contributed by atoms with van der Waals surface area (Å²) in [7, 11) is 0. The van der Waals surface area contributed by atoms with Gasteiger partial charge in [-0.05, 0) is 36.1 Å². The molecule has 2 aromatic carbocycles. The van der Waals surface area contributed by atoms with Crippen LogP contribution in [-0.4, -0.2) is 19.7 Å². The molecule has 5 heteroatoms. The van der Waals surface area contributed by atoms with E-state index in [2.05, 4.69) is 6.07 Å². The Labute approximate surface area is 139 Å². The van der Waals surface area contributed by atoms with Crippen molar-refractivity contribution in [1.29, 1.82) is 5.26 Å². The highest BCUT2D eigenvalue weighted by atomic mass is 19.1. The largest absolute Gasteiger partial charge is 0.367 e. The van der Waals surface area contributed by atoms with E-state index in [1.54, 1.807) is 11.0 Å². The lowest BCUT2D eigenvalue weighted by Gasteiger charge is -2.42. The van der Waals surface area contributed by atoms with Gasteiger partial charge in [0.1, 0.15) is 11.3 Å². The summed E-state index contributed by atoms with van der Waals surface area (Å²) < 4.78 is 34.9. The van der Waals surface area contributed by atoms with E-state index in [1.807, 2.05) is 18.2 Å². The number of nitriles is 1. The predicted octanol–water partition coefficient (Wildman–Crippen LogP) is 3.51. The molecule has 1 atom stereocenters. The van der Waals surface area contributed by atoms with Gasteiger partial charge in [0.05, 0.1) is 24.8 Å². The van der Waals surface area contributed by atoms with E-state index in [9.17, 15) is 8.78 Å². The Morgan fingerprint density at radius 1 is 1.17 bits per heavy atom. The third-order valence-corrected chi connectivity index (χ3v) is 4.95. The smallest absolute Gasteiger partial charge is 0.150 e. The van der Waals surface area contributed by atoms with Gasteiger partial charge in [0.15, 0.2) is 11.6 Å². The Morgan fingerprint density at radius 2 is 1.92 bits per heavy atom. The highest BCUT2D eigenvalue weighted by Gasteiger charge is 2.44. The van der Waals surface area contributed by atoms with Crippen LogP contribution in [0, 0.1) is 23.0 Å². The molecule has 1 heterocycles. The Bertz CT molecular complexity index is 818. The number of rotatable bonds is 1. The lowest BCUT2D eigenvalue weighted by molar-refractivity contribution is -0.0595. The molecule has 0 saturated carbocycles. The lowest BCUT2D eigenvalue weighted by Crippen LogP contribution is -2.49. The number of aryl methyl sites for hydroxylation is 1. The van der Waals surface area contributed by atoms with Gasteiger partial charge in [0.25, 0.3) is 0 Å². The fraction of sp³-hybridized carbons (Fsp3) is 0.316. The zero-order chi connectivity index (χ0) is 16.7. The fourth-order valence-electron chi connectivity index (χ4n) is 3.88. The molecule has 24 heavy (non-hydrogen) atoms. The molecule has 0 amide bonds. The van der Waals surface area contributed by atoms with Gasteiger partial charge in [-0.2, -0.15) is 5.26 Å². The first-order valence-corrected chi connectivity index (χ1v) is 7.99. The van der Waals surface area contributed by atoms with Crippen molar-refractivity contribution in [3.8, 4) is 6.07 Å². The number of benzene rings is 2. The zero-order valence-electron chi connectivity index (χ0n) is 13.1. The number of fused-ring (bicyclic) bond motifs is 2. The average Bonchev–Trinajstić information content (AvgIpc) is 2.93. The molecule has 1 spiro atoms. The maximum atomic E-state index is 14.4. The summed E-state index contributed by atoms with van der Waals surface area (Å²) in [6.45, 7) is 1.24. The van der Waals surface area contributed by atoms with E-state index >= 15 is 0 Å². The quantitative estimate of drug-likeness (QED) is 0.804. The molecule has 1 unspecified atom stereocenters. The molecule has 122 valence electrons. The monoisotopic (exact) mass is 326 g/mol. The van der Waals surface area contributed by atoms with E-state index in [1.165, 1.54) is 5.56 Å². The first kappa shape index (κ1) is 15.1. The van der Waals surface area contributed by atoms with Gasteiger partial charge in [-0.3, -0.25) is 0 Å². The van der Waals surface area contributed by atoms with Gasteiger partial charge in [0.2, 0.25) is 0 Å². The molecule has 0 N–H and O–H groups in total. The average molecular weight is 326 g/mol. The second kappa shape index (κ2) is 5.57. The number of hydrogen-bond donors (Lipinski definition) is 0. The standard InChI is InChI=1S/C19H16F2N2O/c20-16-9-13(11-22)10-17(21)18(16)23-7-8-24-19(12-23)6-5-14-3-1-2-4-15(14)19/h1-4,9-10H,5-8,12H2. The molecule has 4 rings (SSSR count). The molecule has 3 nitrogen and oxygen atoms in total. The van der Waals surface area contributed by atoms with Gasteiger partial charge < -0.3 is 9.64 Å². The number of nitrogens with zero attached hydrogens (tertiary/aromatic N) is 2. The molecule has 1 fully saturated rings. The minimum absolute atomic E-state index is 0.0112. The number of halogens is 2. The summed E-state index contributed by atoms with van der Waals surface area (Å²) in [5.41, 5.74) is 1.76. The minimum atomic E-state index is -0.699. The molecule has 0 aromatic heterocycles. The Hall–Kier alpha value is -2.45. The topological polar surface area (TPSA) is 36.3 Å². The van der Waals surface area contributed by atoms with Crippen molar-refractivity contribution in [2.24, 2.45) is 0 Å². The molecule has 0 bridgehead atoms. The fourth-order valence-corrected chi connectivity index (χ4v) is 3.88. The highest BCUT2D eigenvalue weighted by Crippen LogP contribution is 2.43. The van der Waals surface area contributed by atoms with Crippen LogP contribution in [0.4, 0.5) is 14.5 Å². The second-order valence-corrected chi connectivity index (χ2v) is 6.32.